The zero-order valence-electron chi connectivity index (χ0n) is 34.3. The predicted octanol–water partition coefficient (Wildman–Crippen LogP) is 8.77. The molecule has 2 amide bonds. The van der Waals surface area contributed by atoms with Crippen molar-refractivity contribution in [1.29, 1.82) is 0 Å². The van der Waals surface area contributed by atoms with Gasteiger partial charge in [0.1, 0.15) is 38.7 Å². The monoisotopic (exact) mass is 838 g/mol. The van der Waals surface area contributed by atoms with E-state index in [2.05, 4.69) is 50.7 Å². The standard InChI is InChI=1S/C18H28BrN3O4.C18H29N3O4.BHNS/c1-17(2,3)25-15(23)21(7)10-12-13(19)20-14(11-8-9-11)22(12)16(24)26-18(4,5)6;1-17(2,3)24-15(22)20(7)11-13-10-19-14(12-8-9-12)21(13)16(23)25-18(4,5)6;1-2-3/h11H,8-10H2,1-7H3;10,12H,8-9,11H2,1-7H3;3H. The molecular formula is C36H58BBrN7O8S. The average molecular weight is 840 g/mol. The van der Waals surface area contributed by atoms with Crippen LogP contribution < -0.4 is 0 Å². The Morgan fingerprint density at radius 2 is 1.11 bits per heavy atom. The molecule has 2 aromatic rings. The predicted molar refractivity (Wildman–Crippen MR) is 212 cm³/mol. The van der Waals surface area contributed by atoms with Gasteiger partial charge in [-0.15, -0.1) is 0 Å². The zero-order valence-corrected chi connectivity index (χ0v) is 36.8. The maximum absolute atomic E-state index is 12.8. The second kappa shape index (κ2) is 18.5. The summed E-state index contributed by atoms with van der Waals surface area (Å²) in [4.78, 5) is 61.6. The number of nitrogens with zero attached hydrogens (tertiary/aromatic N) is 7. The van der Waals surface area contributed by atoms with Crippen molar-refractivity contribution in [2.24, 2.45) is 4.30 Å². The Labute approximate surface area is 335 Å². The number of halogens is 1. The van der Waals surface area contributed by atoms with E-state index in [9.17, 15) is 19.2 Å². The Hall–Kier alpha value is -3.41. The summed E-state index contributed by atoms with van der Waals surface area (Å²) in [6, 6.07) is 0. The van der Waals surface area contributed by atoms with Crippen LogP contribution in [0.4, 0.5) is 19.2 Å². The molecule has 4 rings (SSSR count). The van der Waals surface area contributed by atoms with E-state index in [0.29, 0.717) is 27.6 Å². The minimum atomic E-state index is -0.622. The minimum absolute atomic E-state index is 0.175. The average Bonchev–Trinajstić information content (AvgIpc) is 3.91. The first-order chi connectivity index (χ1) is 24.6. The van der Waals surface area contributed by atoms with E-state index in [4.69, 9.17) is 18.9 Å². The molecule has 2 aliphatic rings. The summed E-state index contributed by atoms with van der Waals surface area (Å²) < 4.78 is 28.0. The summed E-state index contributed by atoms with van der Waals surface area (Å²) in [5, 5.41) is 0. The molecule has 2 saturated carbocycles. The van der Waals surface area contributed by atoms with Crippen LogP contribution in [0.3, 0.4) is 0 Å². The Morgan fingerprint density at radius 1 is 0.741 bits per heavy atom. The summed E-state index contributed by atoms with van der Waals surface area (Å²) >= 11 is 6.62. The van der Waals surface area contributed by atoms with Crippen molar-refractivity contribution in [3.63, 3.8) is 0 Å². The molecule has 0 spiro atoms. The van der Waals surface area contributed by atoms with E-state index in [1.54, 1.807) is 20.3 Å². The molecule has 1 radical (unpaired) electrons. The third kappa shape index (κ3) is 15.8. The van der Waals surface area contributed by atoms with E-state index in [0.717, 1.165) is 25.7 Å². The topological polar surface area (TPSA) is 160 Å². The summed E-state index contributed by atoms with van der Waals surface area (Å²) in [6.45, 7) is 22.2. The molecule has 0 saturated heterocycles. The van der Waals surface area contributed by atoms with Crippen LogP contribution in [0.2, 0.25) is 0 Å². The second-order valence-electron chi connectivity index (χ2n) is 17.3. The number of ether oxygens (including phenoxy) is 4. The molecule has 54 heavy (non-hydrogen) atoms. The number of thiol groups is 1. The van der Waals surface area contributed by atoms with Crippen molar-refractivity contribution in [1.82, 2.24) is 28.9 Å². The molecule has 0 aromatic carbocycles. The number of carbonyl (C=O) groups is 4. The van der Waals surface area contributed by atoms with Crippen molar-refractivity contribution < 1.29 is 38.1 Å². The quantitative estimate of drug-likeness (QED) is 0.169. The van der Waals surface area contributed by atoms with Gasteiger partial charge in [-0.1, -0.05) is 0 Å². The Kier molecular flexibility index (Phi) is 16.0. The van der Waals surface area contributed by atoms with Crippen molar-refractivity contribution >= 4 is 60.8 Å². The number of amides is 2. The summed E-state index contributed by atoms with van der Waals surface area (Å²) in [7, 11) is 7.60. The van der Waals surface area contributed by atoms with E-state index in [1.807, 2.05) is 83.1 Å². The van der Waals surface area contributed by atoms with E-state index in [-0.39, 0.29) is 24.9 Å². The van der Waals surface area contributed by atoms with Crippen LogP contribution in [0.1, 0.15) is 144 Å². The van der Waals surface area contributed by atoms with Crippen molar-refractivity contribution in [3.05, 3.63) is 33.8 Å². The number of imidazole rings is 2. The molecule has 301 valence electrons. The molecule has 2 heterocycles. The molecule has 15 nitrogen and oxygen atoms in total. The van der Waals surface area contributed by atoms with Crippen LogP contribution in [0.5, 0.6) is 0 Å². The van der Waals surface area contributed by atoms with Crippen LogP contribution in [0.15, 0.2) is 15.1 Å². The van der Waals surface area contributed by atoms with Crippen molar-refractivity contribution in [2.75, 3.05) is 14.1 Å². The van der Waals surface area contributed by atoms with Crippen LogP contribution in [0, 0.1) is 0 Å². The van der Waals surface area contributed by atoms with Crippen LogP contribution >= 0.6 is 28.7 Å². The van der Waals surface area contributed by atoms with Crippen LogP contribution in [0.25, 0.3) is 0 Å². The first-order valence-electron chi connectivity index (χ1n) is 17.8. The maximum atomic E-state index is 12.8. The Bertz CT molecular complexity index is 1650. The van der Waals surface area contributed by atoms with Crippen LogP contribution in [-0.2, 0) is 32.0 Å². The van der Waals surface area contributed by atoms with Gasteiger partial charge in [0.05, 0.1) is 30.7 Å². The van der Waals surface area contributed by atoms with Gasteiger partial charge in [0, 0.05) is 25.9 Å². The molecule has 0 unspecified atom stereocenters. The molecule has 2 fully saturated rings. The third-order valence-corrected chi connectivity index (χ3v) is 7.68. The first kappa shape index (κ1) is 46.7. The summed E-state index contributed by atoms with van der Waals surface area (Å²) in [5.41, 5.74) is -1.19. The van der Waals surface area contributed by atoms with E-state index in [1.165, 1.54) is 18.9 Å². The summed E-state index contributed by atoms with van der Waals surface area (Å²) in [6.07, 6.45) is 3.80. The number of hydrogen-bond donors (Lipinski definition) is 1. The number of hydrogen-bond acceptors (Lipinski definition) is 12. The van der Waals surface area contributed by atoms with Gasteiger partial charge in [-0.2, -0.15) is 0 Å². The number of carbonyl (C=O) groups excluding carboxylic acids is 4. The molecule has 2 aromatic heterocycles. The Morgan fingerprint density at radius 3 is 1.50 bits per heavy atom. The molecule has 2 aliphatic carbocycles. The molecule has 0 atom stereocenters. The molecule has 0 N–H and O–H groups in total. The molecule has 0 bridgehead atoms. The van der Waals surface area contributed by atoms with Gasteiger partial charge < -0.3 is 28.7 Å². The van der Waals surface area contributed by atoms with Gasteiger partial charge in [0.15, 0.2) is 0 Å². The fourth-order valence-electron chi connectivity index (χ4n) is 4.65. The van der Waals surface area contributed by atoms with Crippen molar-refractivity contribution in [3.8, 4) is 0 Å². The number of rotatable bonds is 6. The van der Waals surface area contributed by atoms with E-state index >= 15 is 0 Å². The SMILES string of the molecule is CN(Cc1c(Br)nc(C2CC2)n1C(=O)OC(C)(C)C)C(=O)OC(C)(C)C.CN(Cc1cnc(C2CC2)n1C(=O)OC(C)(C)C)C(=O)OC(C)(C)C.[B]=NS. The van der Waals surface area contributed by atoms with Gasteiger partial charge in [0.25, 0.3) is 0 Å². The molecule has 0 aliphatic heterocycles. The van der Waals surface area contributed by atoms with Crippen LogP contribution in [-0.4, -0.2) is 97.4 Å². The molecular weight excluding hydrogens is 781 g/mol. The normalized spacial score (nSPS) is 14.4. The number of aromatic nitrogens is 4. The third-order valence-electron chi connectivity index (χ3n) is 7.05. The van der Waals surface area contributed by atoms with Gasteiger partial charge in [-0.25, -0.2) is 38.3 Å². The van der Waals surface area contributed by atoms with Gasteiger partial charge in [-0.05, 0) is 125 Å². The summed E-state index contributed by atoms with van der Waals surface area (Å²) in [5.74, 6) is 1.92. The second-order valence-corrected chi connectivity index (χ2v) is 18.3. The fourth-order valence-corrected chi connectivity index (χ4v) is 5.13. The van der Waals surface area contributed by atoms with E-state index < -0.39 is 46.8 Å². The first-order valence-corrected chi connectivity index (χ1v) is 19.0. The van der Waals surface area contributed by atoms with Gasteiger partial charge >= 0.3 is 49.1 Å². The molecule has 18 heteroatoms. The zero-order chi connectivity index (χ0) is 41.6. The Balaban J connectivity index is 0.000000348. The van der Waals surface area contributed by atoms with Gasteiger partial charge in [0.2, 0.25) is 0 Å². The van der Waals surface area contributed by atoms with Crippen molar-refractivity contribution in [2.45, 2.75) is 156 Å². The van der Waals surface area contributed by atoms with Gasteiger partial charge in [-0.3, -0.25) is 0 Å². The fraction of sp³-hybridized carbons (Fsp3) is 0.722.